The van der Waals surface area contributed by atoms with Crippen molar-refractivity contribution >= 4 is 11.8 Å². The highest BCUT2D eigenvalue weighted by molar-refractivity contribution is 7.99. The van der Waals surface area contributed by atoms with Crippen molar-refractivity contribution < 1.29 is 5.11 Å². The van der Waals surface area contributed by atoms with Gasteiger partial charge in [0.1, 0.15) is 0 Å². The predicted molar refractivity (Wildman–Crippen MR) is 68.4 cm³/mol. The van der Waals surface area contributed by atoms with E-state index in [1.54, 1.807) is 4.57 Å². The van der Waals surface area contributed by atoms with Gasteiger partial charge < -0.3 is 10.4 Å². The molecule has 0 fully saturated rings. The van der Waals surface area contributed by atoms with E-state index in [1.807, 2.05) is 20.8 Å². The van der Waals surface area contributed by atoms with Crippen LogP contribution in [0.4, 0.5) is 0 Å². The molecule has 7 heteroatoms. The number of thioether (sulfide) groups is 1. The molecule has 1 heterocycles. The fourth-order valence-corrected chi connectivity index (χ4v) is 2.23. The maximum Gasteiger partial charge on any atom is 0.343 e. The third-order valence-electron chi connectivity index (χ3n) is 2.21. The minimum absolute atomic E-state index is 0.204. The second kappa shape index (κ2) is 6.83. The number of hydrogen-bond acceptors (Lipinski definition) is 5. The number of H-pyrrole nitrogens is 1. The lowest BCUT2D eigenvalue weighted by atomic mass is 10.3. The molecule has 1 atom stereocenters. The maximum absolute atomic E-state index is 11.3. The van der Waals surface area contributed by atoms with Crippen molar-refractivity contribution in [2.75, 3.05) is 12.3 Å². The minimum atomic E-state index is -0.445. The van der Waals surface area contributed by atoms with Crippen molar-refractivity contribution in [3.63, 3.8) is 0 Å². The van der Waals surface area contributed by atoms with Gasteiger partial charge in [-0.05, 0) is 6.92 Å². The quantitative estimate of drug-likeness (QED) is 0.603. The summed E-state index contributed by atoms with van der Waals surface area (Å²) in [7, 11) is 0. The molecule has 0 aliphatic rings. The summed E-state index contributed by atoms with van der Waals surface area (Å²) in [4.78, 5) is 11.3. The van der Waals surface area contributed by atoms with Crippen LogP contribution >= 0.6 is 11.8 Å². The number of aliphatic hydroxyl groups is 1. The number of aromatic nitrogens is 3. The first-order valence-electron chi connectivity index (χ1n) is 5.74. The summed E-state index contributed by atoms with van der Waals surface area (Å²) in [5, 5.41) is 19.8. The number of nitrogens with zero attached hydrogens (tertiary/aromatic N) is 2. The Morgan fingerprint density at radius 1 is 1.59 bits per heavy atom. The molecule has 6 nitrogen and oxygen atoms in total. The molecule has 0 saturated carbocycles. The molecule has 1 aromatic rings. The van der Waals surface area contributed by atoms with Crippen LogP contribution in [-0.2, 0) is 6.54 Å². The van der Waals surface area contributed by atoms with Crippen molar-refractivity contribution in [2.24, 2.45) is 0 Å². The lowest BCUT2D eigenvalue weighted by Gasteiger charge is -2.13. The first kappa shape index (κ1) is 14.3. The van der Waals surface area contributed by atoms with Gasteiger partial charge in [-0.25, -0.2) is 9.89 Å². The Morgan fingerprint density at radius 3 is 2.88 bits per heavy atom. The van der Waals surface area contributed by atoms with Crippen LogP contribution in [0.5, 0.6) is 0 Å². The molecule has 0 aliphatic carbocycles. The topological polar surface area (TPSA) is 82.9 Å². The predicted octanol–water partition coefficient (Wildman–Crippen LogP) is 0.0423. The second-order valence-electron chi connectivity index (χ2n) is 4.08. The Hall–Kier alpha value is -0.790. The van der Waals surface area contributed by atoms with Crippen LogP contribution in [0.2, 0.25) is 0 Å². The summed E-state index contributed by atoms with van der Waals surface area (Å²) in [6.45, 7) is 7.08. The van der Waals surface area contributed by atoms with E-state index in [0.29, 0.717) is 30.0 Å². The van der Waals surface area contributed by atoms with E-state index in [2.05, 4.69) is 15.5 Å². The van der Waals surface area contributed by atoms with Gasteiger partial charge in [-0.1, -0.05) is 25.6 Å². The normalized spacial score (nSPS) is 13.2. The Kier molecular flexibility index (Phi) is 5.73. The molecule has 0 aromatic carbocycles. The smallest absolute Gasteiger partial charge is 0.343 e. The summed E-state index contributed by atoms with van der Waals surface area (Å²) >= 11 is 1.38. The van der Waals surface area contributed by atoms with Gasteiger partial charge in [-0.2, -0.15) is 0 Å². The molecule has 98 valence electrons. The van der Waals surface area contributed by atoms with Crippen LogP contribution in [-0.4, -0.2) is 44.3 Å². The van der Waals surface area contributed by atoms with E-state index in [-0.39, 0.29) is 5.69 Å². The van der Waals surface area contributed by atoms with Gasteiger partial charge in [0.2, 0.25) is 0 Å². The second-order valence-corrected chi connectivity index (χ2v) is 5.07. The summed E-state index contributed by atoms with van der Waals surface area (Å²) in [6.07, 6.45) is -0.445. The molecule has 0 radical (unpaired) electrons. The third kappa shape index (κ3) is 4.53. The first-order chi connectivity index (χ1) is 8.04. The lowest BCUT2D eigenvalue weighted by molar-refractivity contribution is 0.192. The van der Waals surface area contributed by atoms with Crippen molar-refractivity contribution in [3.8, 4) is 0 Å². The molecule has 0 aliphatic heterocycles. The Bertz CT molecular complexity index is 388. The molecular formula is C10H20N4O2S. The molecule has 0 bridgehead atoms. The SMILES string of the molecule is CCn1c(SCC(O)CNC(C)C)n[nH]c1=O. The number of aromatic amines is 1. The molecule has 0 saturated heterocycles. The van der Waals surface area contributed by atoms with E-state index < -0.39 is 6.10 Å². The van der Waals surface area contributed by atoms with Crippen LogP contribution in [0.25, 0.3) is 0 Å². The molecule has 1 unspecified atom stereocenters. The zero-order valence-corrected chi connectivity index (χ0v) is 11.3. The standard InChI is InChI=1S/C10H20N4O2S/c1-4-14-9(16)12-13-10(14)17-6-8(15)5-11-7(2)3/h7-8,11,15H,4-6H2,1-3H3,(H,12,16). The molecule has 3 N–H and O–H groups in total. The van der Waals surface area contributed by atoms with Gasteiger partial charge in [0.05, 0.1) is 6.10 Å². The van der Waals surface area contributed by atoms with Crippen molar-refractivity contribution in [1.29, 1.82) is 0 Å². The Balaban J connectivity index is 2.42. The summed E-state index contributed by atoms with van der Waals surface area (Å²) in [6, 6.07) is 0.355. The summed E-state index contributed by atoms with van der Waals surface area (Å²) < 4.78 is 1.55. The Labute approximate surface area is 105 Å². The molecular weight excluding hydrogens is 240 g/mol. The van der Waals surface area contributed by atoms with E-state index in [1.165, 1.54) is 11.8 Å². The fourth-order valence-electron chi connectivity index (χ4n) is 1.29. The highest BCUT2D eigenvalue weighted by atomic mass is 32.2. The number of hydrogen-bond donors (Lipinski definition) is 3. The van der Waals surface area contributed by atoms with Gasteiger partial charge in [0.25, 0.3) is 0 Å². The van der Waals surface area contributed by atoms with Gasteiger partial charge in [-0.3, -0.25) is 4.57 Å². The Morgan fingerprint density at radius 2 is 2.29 bits per heavy atom. The first-order valence-corrected chi connectivity index (χ1v) is 6.72. The number of rotatable bonds is 7. The largest absolute Gasteiger partial charge is 0.391 e. The zero-order valence-electron chi connectivity index (χ0n) is 10.4. The molecule has 1 rings (SSSR count). The van der Waals surface area contributed by atoms with E-state index in [9.17, 15) is 9.90 Å². The van der Waals surface area contributed by atoms with Crippen LogP contribution < -0.4 is 11.0 Å². The minimum Gasteiger partial charge on any atom is -0.391 e. The van der Waals surface area contributed by atoms with Crippen molar-refractivity contribution in [1.82, 2.24) is 20.1 Å². The maximum atomic E-state index is 11.3. The van der Waals surface area contributed by atoms with Crippen LogP contribution in [0.3, 0.4) is 0 Å². The molecule has 0 amide bonds. The monoisotopic (exact) mass is 260 g/mol. The van der Waals surface area contributed by atoms with Crippen molar-refractivity contribution in [3.05, 3.63) is 10.5 Å². The third-order valence-corrected chi connectivity index (χ3v) is 3.33. The zero-order chi connectivity index (χ0) is 12.8. The van der Waals surface area contributed by atoms with Crippen LogP contribution in [0.1, 0.15) is 20.8 Å². The van der Waals surface area contributed by atoms with Gasteiger partial charge in [0.15, 0.2) is 5.16 Å². The van der Waals surface area contributed by atoms with Gasteiger partial charge in [0, 0.05) is 24.9 Å². The number of aliphatic hydroxyl groups excluding tert-OH is 1. The molecule has 17 heavy (non-hydrogen) atoms. The van der Waals surface area contributed by atoms with Gasteiger partial charge in [-0.15, -0.1) is 5.10 Å². The van der Waals surface area contributed by atoms with E-state index in [0.717, 1.165) is 0 Å². The molecule has 1 aromatic heterocycles. The van der Waals surface area contributed by atoms with E-state index >= 15 is 0 Å². The van der Waals surface area contributed by atoms with E-state index in [4.69, 9.17) is 0 Å². The highest BCUT2D eigenvalue weighted by Crippen LogP contribution is 2.13. The lowest BCUT2D eigenvalue weighted by Crippen LogP contribution is -2.33. The summed E-state index contributed by atoms with van der Waals surface area (Å²) in [5.74, 6) is 0.518. The van der Waals surface area contributed by atoms with Crippen LogP contribution in [0.15, 0.2) is 9.95 Å². The van der Waals surface area contributed by atoms with Crippen molar-refractivity contribution in [2.45, 2.75) is 44.6 Å². The number of nitrogens with one attached hydrogen (secondary N) is 2. The highest BCUT2D eigenvalue weighted by Gasteiger charge is 2.10. The summed E-state index contributed by atoms with van der Waals surface area (Å²) in [5.41, 5.74) is -0.204. The molecule has 0 spiro atoms. The average Bonchev–Trinajstić information content (AvgIpc) is 2.64. The fraction of sp³-hybridized carbons (Fsp3) is 0.800. The van der Waals surface area contributed by atoms with Gasteiger partial charge >= 0.3 is 5.69 Å². The average molecular weight is 260 g/mol. The van der Waals surface area contributed by atoms with Crippen LogP contribution in [0, 0.1) is 0 Å².